The molecule has 0 saturated carbocycles. The van der Waals surface area contributed by atoms with Crippen molar-refractivity contribution in [2.24, 2.45) is 0 Å². The van der Waals surface area contributed by atoms with E-state index < -0.39 is 0 Å². The molecule has 0 aliphatic heterocycles. The number of anilines is 2. The van der Waals surface area contributed by atoms with Gasteiger partial charge < -0.3 is 15.5 Å². The van der Waals surface area contributed by atoms with Crippen LogP contribution in [-0.2, 0) is 0 Å². The fourth-order valence-corrected chi connectivity index (χ4v) is 1.67. The third-order valence-electron chi connectivity index (χ3n) is 2.71. The zero-order valence-corrected chi connectivity index (χ0v) is 10.3. The van der Waals surface area contributed by atoms with Crippen molar-refractivity contribution in [3.05, 3.63) is 41.6 Å². The predicted octanol–water partition coefficient (Wildman–Crippen LogP) is 3.05. The van der Waals surface area contributed by atoms with E-state index >= 15 is 0 Å². The Morgan fingerprint density at radius 1 is 1.35 bits per heavy atom. The van der Waals surface area contributed by atoms with Crippen molar-refractivity contribution in [2.45, 2.75) is 26.8 Å². The van der Waals surface area contributed by atoms with Gasteiger partial charge in [0.25, 0.3) is 0 Å². The Labute approximate surface area is 101 Å². The summed E-state index contributed by atoms with van der Waals surface area (Å²) in [6, 6.07) is 5.91. The fraction of sp³-hybridized carbons (Fsp3) is 0.308. The molecule has 17 heavy (non-hydrogen) atoms. The van der Waals surface area contributed by atoms with Crippen molar-refractivity contribution < 1.29 is 4.42 Å². The van der Waals surface area contributed by atoms with Crippen molar-refractivity contribution >= 4 is 11.4 Å². The summed E-state index contributed by atoms with van der Waals surface area (Å²) in [4.78, 5) is 4.19. The van der Waals surface area contributed by atoms with Crippen LogP contribution in [-0.4, -0.2) is 4.98 Å². The molecule has 1 unspecified atom stereocenters. The molecule has 0 amide bonds. The van der Waals surface area contributed by atoms with Crippen LogP contribution < -0.4 is 11.1 Å². The second kappa shape index (κ2) is 4.49. The van der Waals surface area contributed by atoms with Crippen LogP contribution in [0.1, 0.15) is 30.2 Å². The number of para-hydroxylation sites is 1. The Bertz CT molecular complexity index is 519. The van der Waals surface area contributed by atoms with E-state index in [-0.39, 0.29) is 6.04 Å². The minimum Gasteiger partial charge on any atom is -0.444 e. The van der Waals surface area contributed by atoms with E-state index in [2.05, 4.69) is 10.3 Å². The van der Waals surface area contributed by atoms with Crippen LogP contribution in [0.4, 0.5) is 11.4 Å². The highest BCUT2D eigenvalue weighted by Crippen LogP contribution is 2.26. The Balaban J connectivity index is 2.18. The Morgan fingerprint density at radius 3 is 2.76 bits per heavy atom. The molecule has 1 heterocycles. The van der Waals surface area contributed by atoms with Crippen LogP contribution in [0.25, 0.3) is 0 Å². The summed E-state index contributed by atoms with van der Waals surface area (Å²) in [5.41, 5.74) is 8.74. The Kier molecular flexibility index (Phi) is 3.04. The van der Waals surface area contributed by atoms with E-state index in [9.17, 15) is 0 Å². The van der Waals surface area contributed by atoms with E-state index in [4.69, 9.17) is 10.2 Å². The van der Waals surface area contributed by atoms with Crippen molar-refractivity contribution in [1.82, 2.24) is 4.98 Å². The number of hydrogen-bond donors (Lipinski definition) is 2. The van der Waals surface area contributed by atoms with Gasteiger partial charge in [-0.1, -0.05) is 12.1 Å². The first-order valence-electron chi connectivity index (χ1n) is 5.62. The molecule has 2 aromatic rings. The largest absolute Gasteiger partial charge is 0.444 e. The summed E-state index contributed by atoms with van der Waals surface area (Å²) in [7, 11) is 0. The van der Waals surface area contributed by atoms with E-state index in [0.29, 0.717) is 5.89 Å². The van der Waals surface area contributed by atoms with Crippen molar-refractivity contribution in [1.29, 1.82) is 0 Å². The lowest BCUT2D eigenvalue weighted by Gasteiger charge is -2.15. The number of rotatable bonds is 3. The van der Waals surface area contributed by atoms with Gasteiger partial charge in [0.15, 0.2) is 0 Å². The molecule has 4 nitrogen and oxygen atoms in total. The first-order chi connectivity index (χ1) is 8.08. The lowest BCUT2D eigenvalue weighted by Crippen LogP contribution is -2.09. The number of nitrogens with one attached hydrogen (secondary N) is 1. The maximum Gasteiger partial charge on any atom is 0.216 e. The van der Waals surface area contributed by atoms with Crippen molar-refractivity contribution in [3.8, 4) is 0 Å². The number of benzene rings is 1. The Morgan fingerprint density at radius 2 is 2.12 bits per heavy atom. The average molecular weight is 231 g/mol. The van der Waals surface area contributed by atoms with Crippen molar-refractivity contribution in [2.75, 3.05) is 11.1 Å². The van der Waals surface area contributed by atoms with Gasteiger partial charge in [0, 0.05) is 0 Å². The molecular formula is C13H17N3O. The van der Waals surface area contributed by atoms with Crippen LogP contribution >= 0.6 is 0 Å². The van der Waals surface area contributed by atoms with Crippen LogP contribution in [0, 0.1) is 13.8 Å². The third kappa shape index (κ3) is 2.41. The van der Waals surface area contributed by atoms with Gasteiger partial charge in [0.1, 0.15) is 11.8 Å². The molecule has 4 heteroatoms. The van der Waals surface area contributed by atoms with Gasteiger partial charge in [-0.2, -0.15) is 0 Å². The lowest BCUT2D eigenvalue weighted by atomic mass is 10.1. The van der Waals surface area contributed by atoms with E-state index in [1.807, 2.05) is 39.0 Å². The molecule has 1 atom stereocenters. The smallest absolute Gasteiger partial charge is 0.216 e. The molecule has 2 rings (SSSR count). The molecular weight excluding hydrogens is 214 g/mol. The maximum absolute atomic E-state index is 6.00. The summed E-state index contributed by atoms with van der Waals surface area (Å²) in [5.74, 6) is 1.48. The predicted molar refractivity (Wildman–Crippen MR) is 68.9 cm³/mol. The maximum atomic E-state index is 6.00. The highest BCUT2D eigenvalue weighted by molar-refractivity contribution is 5.69. The minimum absolute atomic E-state index is 0.00667. The minimum atomic E-state index is -0.00667. The number of aryl methyl sites for hydroxylation is 2. The first-order valence-corrected chi connectivity index (χ1v) is 5.62. The van der Waals surface area contributed by atoms with Gasteiger partial charge in [-0.25, -0.2) is 4.98 Å². The number of nitrogens with zero attached hydrogens (tertiary/aromatic N) is 1. The molecule has 0 bridgehead atoms. The van der Waals surface area contributed by atoms with E-state index in [1.165, 1.54) is 0 Å². The molecule has 90 valence electrons. The topological polar surface area (TPSA) is 64.1 Å². The summed E-state index contributed by atoms with van der Waals surface area (Å²) in [5, 5.41) is 3.30. The number of nitrogen functional groups attached to an aromatic ring is 1. The monoisotopic (exact) mass is 231 g/mol. The van der Waals surface area contributed by atoms with Crippen molar-refractivity contribution in [3.63, 3.8) is 0 Å². The molecule has 3 N–H and O–H groups in total. The second-order valence-electron chi connectivity index (χ2n) is 4.21. The van der Waals surface area contributed by atoms with Gasteiger partial charge in [0.05, 0.1) is 17.6 Å². The van der Waals surface area contributed by atoms with E-state index in [0.717, 1.165) is 22.7 Å². The van der Waals surface area contributed by atoms with Crippen LogP contribution in [0.2, 0.25) is 0 Å². The summed E-state index contributed by atoms with van der Waals surface area (Å²) >= 11 is 0. The number of oxazole rings is 1. The highest BCUT2D eigenvalue weighted by atomic mass is 16.4. The standard InChI is InChI=1S/C13H17N3O/c1-8-5-4-6-11(12(8)14)16-10(3)13-15-7-9(2)17-13/h4-7,10,16H,14H2,1-3H3. The van der Waals surface area contributed by atoms with Crippen LogP contribution in [0.5, 0.6) is 0 Å². The molecule has 0 fully saturated rings. The molecule has 1 aromatic carbocycles. The molecule has 0 saturated heterocycles. The van der Waals surface area contributed by atoms with Gasteiger partial charge >= 0.3 is 0 Å². The Hall–Kier alpha value is -1.97. The number of nitrogens with two attached hydrogens (primary N) is 1. The van der Waals surface area contributed by atoms with Gasteiger partial charge in [-0.05, 0) is 32.4 Å². The molecule has 0 aliphatic rings. The summed E-state index contributed by atoms with van der Waals surface area (Å²) in [6.07, 6.45) is 1.72. The molecule has 0 spiro atoms. The summed E-state index contributed by atoms with van der Waals surface area (Å²) < 4.78 is 5.47. The zero-order valence-electron chi connectivity index (χ0n) is 10.3. The second-order valence-corrected chi connectivity index (χ2v) is 4.21. The zero-order chi connectivity index (χ0) is 12.4. The quantitative estimate of drug-likeness (QED) is 0.797. The van der Waals surface area contributed by atoms with Gasteiger partial charge in [-0.3, -0.25) is 0 Å². The molecule has 0 radical (unpaired) electrons. The molecule has 1 aromatic heterocycles. The molecule has 0 aliphatic carbocycles. The average Bonchev–Trinajstić information content (AvgIpc) is 2.72. The first kappa shape index (κ1) is 11.5. The third-order valence-corrected chi connectivity index (χ3v) is 2.71. The highest BCUT2D eigenvalue weighted by Gasteiger charge is 2.12. The van der Waals surface area contributed by atoms with E-state index in [1.54, 1.807) is 6.20 Å². The lowest BCUT2D eigenvalue weighted by molar-refractivity contribution is 0.454. The number of hydrogen-bond acceptors (Lipinski definition) is 4. The van der Waals surface area contributed by atoms with Gasteiger partial charge in [0.2, 0.25) is 5.89 Å². The summed E-state index contributed by atoms with van der Waals surface area (Å²) in [6.45, 7) is 5.86. The van der Waals surface area contributed by atoms with Crippen LogP contribution in [0.15, 0.2) is 28.8 Å². The fourth-order valence-electron chi connectivity index (χ4n) is 1.67. The van der Waals surface area contributed by atoms with Gasteiger partial charge in [-0.15, -0.1) is 0 Å². The SMILES string of the molecule is Cc1cnc(C(C)Nc2cccc(C)c2N)o1. The normalized spacial score (nSPS) is 12.4. The number of aromatic nitrogens is 1. The van der Waals surface area contributed by atoms with Crippen LogP contribution in [0.3, 0.4) is 0 Å².